The van der Waals surface area contributed by atoms with E-state index in [9.17, 15) is 36.5 Å². The molecule has 0 aliphatic rings. The molecular weight excluding hydrogens is 517 g/mol. The van der Waals surface area contributed by atoms with Gasteiger partial charge in [-0.25, -0.2) is 8.42 Å². The minimum absolute atomic E-state index is 0.0442. The van der Waals surface area contributed by atoms with Gasteiger partial charge in [-0.05, 0) is 43.3 Å². The van der Waals surface area contributed by atoms with Crippen LogP contribution in [0.1, 0.15) is 11.4 Å². The molecule has 15 heteroatoms. The van der Waals surface area contributed by atoms with Crippen LogP contribution in [0.3, 0.4) is 0 Å². The van der Waals surface area contributed by atoms with Crippen LogP contribution in [0.4, 0.5) is 24.5 Å². The van der Waals surface area contributed by atoms with E-state index in [1.807, 2.05) is 0 Å². The predicted octanol–water partition coefficient (Wildman–Crippen LogP) is 4.25. The van der Waals surface area contributed by atoms with Gasteiger partial charge in [0, 0.05) is 16.8 Å². The number of carbonyl (C=O) groups excluding carboxylic acids is 1. The summed E-state index contributed by atoms with van der Waals surface area (Å²) < 4.78 is 71.0. The Bertz CT molecular complexity index is 1410. The number of carbonyl (C=O) groups is 1. The third-order valence-electron chi connectivity index (χ3n) is 4.75. The fourth-order valence-electron chi connectivity index (χ4n) is 3.10. The standard InChI is InChI=1S/C20H16ClF3N4O6S/c1-11-18(28(30)31)19(20(22,23)24)26-27(11)10-17(29)25-13-7-14(34-2)9-16(8-13)35(32,33)15-5-3-12(21)4-6-15/h3-9H,10H2,1-2H3,(H,25,29). The van der Waals surface area contributed by atoms with Crippen LogP contribution in [0.5, 0.6) is 5.75 Å². The second-order valence-electron chi connectivity index (χ2n) is 7.10. The maximum absolute atomic E-state index is 13.1. The number of ether oxygens (including phenoxy) is 1. The van der Waals surface area contributed by atoms with E-state index < -0.39 is 50.5 Å². The number of amides is 1. The van der Waals surface area contributed by atoms with Gasteiger partial charge in [-0.1, -0.05) is 11.6 Å². The first kappa shape index (κ1) is 26.0. The van der Waals surface area contributed by atoms with Crippen LogP contribution in [0.2, 0.25) is 5.02 Å². The van der Waals surface area contributed by atoms with Gasteiger partial charge in [-0.3, -0.25) is 19.6 Å². The van der Waals surface area contributed by atoms with Crippen molar-refractivity contribution < 1.29 is 36.0 Å². The summed E-state index contributed by atoms with van der Waals surface area (Å²) in [5.41, 5.74) is -3.51. The smallest absolute Gasteiger partial charge is 0.442 e. The summed E-state index contributed by atoms with van der Waals surface area (Å²) in [5.74, 6) is -0.845. The summed E-state index contributed by atoms with van der Waals surface area (Å²) >= 11 is 5.80. The lowest BCUT2D eigenvalue weighted by Crippen LogP contribution is -2.21. The molecule has 35 heavy (non-hydrogen) atoms. The molecule has 186 valence electrons. The van der Waals surface area contributed by atoms with Crippen molar-refractivity contribution in [1.29, 1.82) is 0 Å². The summed E-state index contributed by atoms with van der Waals surface area (Å²) in [4.78, 5) is 22.1. The molecule has 0 bridgehead atoms. The number of anilines is 1. The Labute approximate surface area is 201 Å². The Morgan fingerprint density at radius 3 is 2.34 bits per heavy atom. The fourth-order valence-corrected chi connectivity index (χ4v) is 4.55. The molecule has 0 radical (unpaired) electrons. The van der Waals surface area contributed by atoms with Crippen molar-refractivity contribution in [3.8, 4) is 5.75 Å². The lowest BCUT2D eigenvalue weighted by Gasteiger charge is -2.12. The van der Waals surface area contributed by atoms with Gasteiger partial charge < -0.3 is 10.1 Å². The molecule has 0 fully saturated rings. The molecule has 1 amide bonds. The van der Waals surface area contributed by atoms with E-state index in [-0.39, 0.29) is 21.2 Å². The third-order valence-corrected chi connectivity index (χ3v) is 6.75. The number of hydrogen-bond acceptors (Lipinski definition) is 7. The summed E-state index contributed by atoms with van der Waals surface area (Å²) in [6, 6.07) is 9.00. The number of halogens is 4. The Morgan fingerprint density at radius 1 is 1.20 bits per heavy atom. The Kier molecular flexibility index (Phi) is 7.08. The van der Waals surface area contributed by atoms with E-state index >= 15 is 0 Å². The second-order valence-corrected chi connectivity index (χ2v) is 9.48. The van der Waals surface area contributed by atoms with Gasteiger partial charge >= 0.3 is 11.9 Å². The molecule has 3 rings (SSSR count). The lowest BCUT2D eigenvalue weighted by molar-refractivity contribution is -0.388. The van der Waals surface area contributed by atoms with Gasteiger partial charge in [0.15, 0.2) is 0 Å². The number of nitro groups is 1. The molecule has 3 aromatic rings. The van der Waals surface area contributed by atoms with Crippen molar-refractivity contribution in [3.05, 3.63) is 69.0 Å². The summed E-state index contributed by atoms with van der Waals surface area (Å²) in [7, 11) is -2.78. The van der Waals surface area contributed by atoms with Crippen LogP contribution >= 0.6 is 11.6 Å². The van der Waals surface area contributed by atoms with E-state index in [0.29, 0.717) is 9.70 Å². The number of sulfone groups is 1. The first-order valence-corrected chi connectivity index (χ1v) is 11.4. The SMILES string of the molecule is COc1cc(NC(=O)Cn2nc(C(F)(F)F)c([N+](=O)[O-])c2C)cc(S(=O)(=O)c2ccc(Cl)cc2)c1. The molecule has 0 aliphatic heterocycles. The molecule has 1 aromatic heterocycles. The molecule has 0 unspecified atom stereocenters. The zero-order valence-electron chi connectivity index (χ0n) is 18.0. The van der Waals surface area contributed by atoms with Crippen molar-refractivity contribution >= 4 is 38.7 Å². The summed E-state index contributed by atoms with van der Waals surface area (Å²) in [6.07, 6.45) is -5.10. The van der Waals surface area contributed by atoms with Crippen molar-refractivity contribution in [3.63, 3.8) is 0 Å². The minimum Gasteiger partial charge on any atom is -0.497 e. The quantitative estimate of drug-likeness (QED) is 0.355. The molecule has 1 N–H and O–H groups in total. The fraction of sp³-hybridized carbons (Fsp3) is 0.200. The monoisotopic (exact) mass is 532 g/mol. The average Bonchev–Trinajstić information content (AvgIpc) is 3.10. The van der Waals surface area contributed by atoms with Crippen molar-refractivity contribution in [2.24, 2.45) is 0 Å². The highest BCUT2D eigenvalue weighted by Gasteiger charge is 2.44. The van der Waals surface area contributed by atoms with Crippen LogP contribution in [0.25, 0.3) is 0 Å². The number of nitrogens with one attached hydrogen (secondary N) is 1. The number of alkyl halides is 3. The summed E-state index contributed by atoms with van der Waals surface area (Å²) in [6.45, 7) is 0.217. The van der Waals surface area contributed by atoms with Gasteiger partial charge in [0.05, 0.1) is 21.8 Å². The maximum Gasteiger partial charge on any atom is 0.442 e. The van der Waals surface area contributed by atoms with E-state index in [1.54, 1.807) is 0 Å². The van der Waals surface area contributed by atoms with E-state index in [0.717, 1.165) is 13.0 Å². The average molecular weight is 533 g/mol. The number of benzene rings is 2. The van der Waals surface area contributed by atoms with Crippen LogP contribution in [0.15, 0.2) is 52.3 Å². The number of rotatable bonds is 7. The number of methoxy groups -OCH3 is 1. The maximum atomic E-state index is 13.1. The Morgan fingerprint density at radius 2 is 1.83 bits per heavy atom. The molecule has 1 heterocycles. The highest BCUT2D eigenvalue weighted by molar-refractivity contribution is 7.91. The molecule has 0 spiro atoms. The van der Waals surface area contributed by atoms with Gasteiger partial charge in [0.2, 0.25) is 21.4 Å². The molecule has 0 saturated heterocycles. The Balaban J connectivity index is 1.92. The van der Waals surface area contributed by atoms with Crippen molar-refractivity contribution in [2.75, 3.05) is 12.4 Å². The highest BCUT2D eigenvalue weighted by atomic mass is 35.5. The second kappa shape index (κ2) is 9.54. The molecule has 0 aliphatic carbocycles. The summed E-state index contributed by atoms with van der Waals surface area (Å²) in [5, 5.41) is 16.9. The van der Waals surface area contributed by atoms with Crippen molar-refractivity contribution in [1.82, 2.24) is 9.78 Å². The first-order valence-electron chi connectivity index (χ1n) is 9.52. The number of nitrogens with zero attached hydrogens (tertiary/aromatic N) is 3. The van der Waals surface area contributed by atoms with Gasteiger partial charge in [0.1, 0.15) is 18.0 Å². The normalized spacial score (nSPS) is 11.8. The van der Waals surface area contributed by atoms with Gasteiger partial charge in [-0.15, -0.1) is 0 Å². The zero-order chi connectivity index (χ0) is 26.1. The number of aromatic nitrogens is 2. The van der Waals surface area contributed by atoms with Crippen LogP contribution in [-0.4, -0.2) is 36.1 Å². The third kappa shape index (κ3) is 5.54. The lowest BCUT2D eigenvalue weighted by atomic mass is 10.3. The number of hydrogen-bond donors (Lipinski definition) is 1. The van der Waals surface area contributed by atoms with Crippen molar-refractivity contribution in [2.45, 2.75) is 29.4 Å². The van der Waals surface area contributed by atoms with Crippen LogP contribution in [-0.2, 0) is 27.4 Å². The Hall–Kier alpha value is -3.65. The minimum atomic E-state index is -5.10. The predicted molar refractivity (Wildman–Crippen MR) is 117 cm³/mol. The van der Waals surface area contributed by atoms with Crippen LogP contribution in [0, 0.1) is 17.0 Å². The van der Waals surface area contributed by atoms with E-state index in [2.05, 4.69) is 10.4 Å². The largest absolute Gasteiger partial charge is 0.497 e. The highest BCUT2D eigenvalue weighted by Crippen LogP contribution is 2.37. The topological polar surface area (TPSA) is 133 Å². The van der Waals surface area contributed by atoms with Crippen LogP contribution < -0.4 is 10.1 Å². The molecule has 10 nitrogen and oxygen atoms in total. The molecule has 0 atom stereocenters. The van der Waals surface area contributed by atoms with Gasteiger partial charge in [-0.2, -0.15) is 18.3 Å². The molecule has 0 saturated carbocycles. The van der Waals surface area contributed by atoms with Gasteiger partial charge in [0.25, 0.3) is 0 Å². The van der Waals surface area contributed by atoms with E-state index in [4.69, 9.17) is 16.3 Å². The van der Waals surface area contributed by atoms with E-state index in [1.165, 1.54) is 43.5 Å². The first-order chi connectivity index (χ1) is 16.2. The molecular formula is C20H16ClF3N4O6S. The zero-order valence-corrected chi connectivity index (χ0v) is 19.5. The molecule has 2 aromatic carbocycles.